The molecule has 1 aromatic heterocycles. The third-order valence-corrected chi connectivity index (χ3v) is 7.37. The van der Waals surface area contributed by atoms with Crippen molar-refractivity contribution in [1.29, 1.82) is 0 Å². The second-order valence-corrected chi connectivity index (χ2v) is 11.4. The molecular weight excluding hydrogens is 496 g/mol. The van der Waals surface area contributed by atoms with E-state index < -0.39 is 6.04 Å². The minimum absolute atomic E-state index is 0.117. The first-order chi connectivity index (χ1) is 17.3. The summed E-state index contributed by atoms with van der Waals surface area (Å²) in [5, 5.41) is 9.54. The predicted octanol–water partition coefficient (Wildman–Crippen LogP) is 6.29. The average molecular weight is 525 g/mol. The van der Waals surface area contributed by atoms with Crippen LogP contribution in [0.25, 0.3) is 0 Å². The van der Waals surface area contributed by atoms with E-state index in [-0.39, 0.29) is 11.2 Å². The van der Waals surface area contributed by atoms with Crippen LogP contribution in [0.2, 0.25) is 5.02 Å². The van der Waals surface area contributed by atoms with Crippen LogP contribution in [0, 0.1) is 5.41 Å². The molecule has 2 aliphatic rings. The lowest BCUT2D eigenvalue weighted by Crippen LogP contribution is -2.36. The van der Waals surface area contributed by atoms with Gasteiger partial charge in [0, 0.05) is 22.7 Å². The number of thioether (sulfide) groups is 1. The minimum atomic E-state index is -0.391. The number of halogens is 1. The number of fused-ring (bicyclic) bond motifs is 1. The summed E-state index contributed by atoms with van der Waals surface area (Å²) in [6, 6.07) is 13.0. The maximum Gasteiger partial charge on any atom is 0.227 e. The van der Waals surface area contributed by atoms with Crippen LogP contribution in [-0.2, 0) is 11.4 Å². The van der Waals surface area contributed by atoms with E-state index in [4.69, 9.17) is 31.2 Å². The lowest BCUT2D eigenvalue weighted by Gasteiger charge is -2.38. The summed E-state index contributed by atoms with van der Waals surface area (Å²) in [5.41, 5.74) is 3.45. The Morgan fingerprint density at radius 2 is 1.94 bits per heavy atom. The largest absolute Gasteiger partial charge is 0.493 e. The fourth-order valence-corrected chi connectivity index (χ4v) is 5.48. The summed E-state index contributed by atoms with van der Waals surface area (Å²) in [5.74, 6) is 2.86. The molecule has 3 aromatic rings. The molecule has 0 fully saturated rings. The first-order valence-electron chi connectivity index (χ1n) is 12.0. The molecule has 2 heterocycles. The fourth-order valence-electron chi connectivity index (χ4n) is 4.80. The SMILES string of the molecule is CCSc1nc2n(n1)C(c1ccc(OCc3ccc(Cl)cc3)c(OC)c1)C1=C(CC(C)(C)CC1=O)N2. The van der Waals surface area contributed by atoms with E-state index in [1.165, 1.54) is 0 Å². The zero-order valence-corrected chi connectivity index (χ0v) is 22.4. The zero-order valence-electron chi connectivity index (χ0n) is 20.8. The molecule has 9 heteroatoms. The van der Waals surface area contributed by atoms with E-state index in [0.717, 1.165) is 34.6 Å². The van der Waals surface area contributed by atoms with Crippen LogP contribution in [0.15, 0.2) is 58.9 Å². The zero-order chi connectivity index (χ0) is 25.4. The number of nitrogens with one attached hydrogen (secondary N) is 1. The first-order valence-corrected chi connectivity index (χ1v) is 13.3. The molecule has 7 nitrogen and oxygen atoms in total. The normalized spacial score (nSPS) is 18.4. The van der Waals surface area contributed by atoms with Gasteiger partial charge in [0.05, 0.1) is 7.11 Å². The van der Waals surface area contributed by atoms with Gasteiger partial charge in [-0.25, -0.2) is 4.68 Å². The number of ketones is 1. The number of rotatable bonds is 7. The Hall–Kier alpha value is -2.97. The van der Waals surface area contributed by atoms with Gasteiger partial charge in [-0.2, -0.15) is 4.98 Å². The number of methoxy groups -OCH3 is 1. The molecule has 0 radical (unpaired) electrons. The summed E-state index contributed by atoms with van der Waals surface area (Å²) >= 11 is 7.57. The number of nitrogens with zero attached hydrogens (tertiary/aromatic N) is 3. The number of anilines is 1. The number of ether oxygens (including phenoxy) is 2. The summed E-state index contributed by atoms with van der Waals surface area (Å²) in [6.45, 7) is 6.70. The van der Waals surface area contributed by atoms with Gasteiger partial charge in [-0.3, -0.25) is 4.79 Å². The monoisotopic (exact) mass is 524 g/mol. The molecule has 1 aliphatic heterocycles. The highest BCUT2D eigenvalue weighted by Crippen LogP contribution is 2.46. The maximum atomic E-state index is 13.4. The van der Waals surface area contributed by atoms with E-state index >= 15 is 0 Å². The molecule has 1 unspecified atom stereocenters. The molecule has 1 aliphatic carbocycles. The van der Waals surface area contributed by atoms with Crippen molar-refractivity contribution in [3.05, 3.63) is 69.9 Å². The molecular formula is C27H29ClN4O3S. The van der Waals surface area contributed by atoms with E-state index in [2.05, 4.69) is 26.1 Å². The molecule has 0 saturated heterocycles. The summed E-state index contributed by atoms with van der Waals surface area (Å²) in [4.78, 5) is 18.1. The first kappa shape index (κ1) is 24.7. The van der Waals surface area contributed by atoms with E-state index in [1.54, 1.807) is 18.9 Å². The van der Waals surface area contributed by atoms with Crippen LogP contribution in [0.1, 0.15) is 50.8 Å². The van der Waals surface area contributed by atoms with Crippen LogP contribution in [0.5, 0.6) is 11.5 Å². The van der Waals surface area contributed by atoms with Crippen molar-refractivity contribution in [2.75, 3.05) is 18.2 Å². The molecule has 0 saturated carbocycles. The molecule has 0 amide bonds. The van der Waals surface area contributed by atoms with Crippen molar-refractivity contribution in [3.8, 4) is 11.5 Å². The second kappa shape index (κ2) is 9.82. The summed E-state index contributed by atoms with van der Waals surface area (Å²) in [7, 11) is 1.62. The minimum Gasteiger partial charge on any atom is -0.493 e. The van der Waals surface area contributed by atoms with Crippen molar-refractivity contribution in [3.63, 3.8) is 0 Å². The van der Waals surface area contributed by atoms with Crippen LogP contribution < -0.4 is 14.8 Å². The Bertz CT molecular complexity index is 1330. The van der Waals surface area contributed by atoms with E-state index in [1.807, 2.05) is 47.1 Å². The molecule has 2 aromatic carbocycles. The third kappa shape index (κ3) is 4.84. The number of benzene rings is 2. The number of hydrogen-bond donors (Lipinski definition) is 1. The molecule has 188 valence electrons. The lowest BCUT2D eigenvalue weighted by atomic mass is 9.73. The van der Waals surface area contributed by atoms with Crippen LogP contribution in [0.3, 0.4) is 0 Å². The number of hydrogen-bond acceptors (Lipinski definition) is 7. The summed E-state index contributed by atoms with van der Waals surface area (Å²) < 4.78 is 13.6. The van der Waals surface area contributed by atoms with Gasteiger partial charge in [0.25, 0.3) is 0 Å². The highest BCUT2D eigenvalue weighted by atomic mass is 35.5. The summed E-state index contributed by atoms with van der Waals surface area (Å²) in [6.07, 6.45) is 1.26. The maximum absolute atomic E-state index is 13.4. The molecule has 0 bridgehead atoms. The van der Waals surface area contributed by atoms with Gasteiger partial charge in [0.15, 0.2) is 17.3 Å². The van der Waals surface area contributed by atoms with Crippen LogP contribution in [-0.4, -0.2) is 33.4 Å². The van der Waals surface area contributed by atoms with Crippen molar-refractivity contribution in [2.24, 2.45) is 5.41 Å². The van der Waals surface area contributed by atoms with Crippen LogP contribution >= 0.6 is 23.4 Å². The highest BCUT2D eigenvalue weighted by molar-refractivity contribution is 7.99. The van der Waals surface area contributed by atoms with Crippen LogP contribution in [0.4, 0.5) is 5.95 Å². The quantitative estimate of drug-likeness (QED) is 0.364. The second-order valence-electron chi connectivity index (χ2n) is 9.78. The highest BCUT2D eigenvalue weighted by Gasteiger charge is 2.42. The standard InChI is InChI=1S/C27H29ClN4O3S/c1-5-36-26-30-25-29-19-13-27(2,3)14-20(33)23(19)24(32(25)31-26)17-8-11-21(22(12-17)34-4)35-15-16-6-9-18(28)10-7-16/h6-12,24H,5,13-15H2,1-4H3,(H,29,30,31). The number of aromatic nitrogens is 3. The molecule has 5 rings (SSSR count). The van der Waals surface area contributed by atoms with Crippen molar-refractivity contribution in [1.82, 2.24) is 14.8 Å². The van der Waals surface area contributed by atoms with Crippen molar-refractivity contribution in [2.45, 2.75) is 51.4 Å². The van der Waals surface area contributed by atoms with E-state index in [0.29, 0.717) is 40.7 Å². The Kier molecular flexibility index (Phi) is 6.74. The van der Waals surface area contributed by atoms with E-state index in [9.17, 15) is 4.79 Å². The van der Waals surface area contributed by atoms with Crippen molar-refractivity contribution < 1.29 is 14.3 Å². The van der Waals surface area contributed by atoms with Gasteiger partial charge in [0.1, 0.15) is 12.6 Å². The number of carbonyl (C=O) groups excluding carboxylic acids is 1. The van der Waals surface area contributed by atoms with Gasteiger partial charge in [-0.05, 0) is 53.0 Å². The average Bonchev–Trinajstić information content (AvgIpc) is 3.23. The lowest BCUT2D eigenvalue weighted by molar-refractivity contribution is -0.118. The van der Waals surface area contributed by atoms with Gasteiger partial charge < -0.3 is 14.8 Å². The molecule has 0 spiro atoms. The number of allylic oxidation sites excluding steroid dienone is 2. The van der Waals surface area contributed by atoms with Gasteiger partial charge in [-0.1, -0.05) is 62.3 Å². The molecule has 36 heavy (non-hydrogen) atoms. The third-order valence-electron chi connectivity index (χ3n) is 6.40. The van der Waals surface area contributed by atoms with Gasteiger partial charge in [0.2, 0.25) is 11.1 Å². The predicted molar refractivity (Wildman–Crippen MR) is 142 cm³/mol. The Labute approximate surface area is 220 Å². The Balaban J connectivity index is 1.52. The fraction of sp³-hybridized carbons (Fsp3) is 0.370. The van der Waals surface area contributed by atoms with Crippen molar-refractivity contribution >= 4 is 35.1 Å². The Morgan fingerprint density at radius 3 is 2.67 bits per heavy atom. The number of carbonyl (C=O) groups is 1. The van der Waals surface area contributed by atoms with Gasteiger partial charge >= 0.3 is 0 Å². The topological polar surface area (TPSA) is 78.3 Å². The molecule has 1 N–H and O–H groups in total. The molecule has 1 atom stereocenters. The smallest absolute Gasteiger partial charge is 0.227 e. The Morgan fingerprint density at radius 1 is 1.17 bits per heavy atom. The van der Waals surface area contributed by atoms with Gasteiger partial charge in [-0.15, -0.1) is 5.10 Å². The number of Topliss-reactive ketones (excluding diaryl/α,β-unsaturated/α-hetero) is 1.